The molecule has 0 aromatic heterocycles. The predicted molar refractivity (Wildman–Crippen MR) is 114 cm³/mol. The number of hydrogen-bond acceptors (Lipinski definition) is 3. The van der Waals surface area contributed by atoms with Crippen molar-refractivity contribution >= 4 is 12.0 Å². The molecule has 144 valence electrons. The van der Waals surface area contributed by atoms with Crippen LogP contribution in [0.4, 0.5) is 5.69 Å². The molecule has 2 atom stereocenters. The zero-order valence-corrected chi connectivity index (χ0v) is 16.6. The van der Waals surface area contributed by atoms with E-state index in [1.165, 1.54) is 35.2 Å². The summed E-state index contributed by atoms with van der Waals surface area (Å²) in [5, 5.41) is 6.91. The van der Waals surface area contributed by atoms with Gasteiger partial charge in [-0.15, -0.1) is 0 Å². The van der Waals surface area contributed by atoms with Gasteiger partial charge in [-0.2, -0.15) is 0 Å². The van der Waals surface area contributed by atoms with Gasteiger partial charge in [0.05, 0.1) is 0 Å². The van der Waals surface area contributed by atoms with Crippen LogP contribution in [-0.4, -0.2) is 25.9 Å². The van der Waals surface area contributed by atoms with Gasteiger partial charge in [-0.1, -0.05) is 49.4 Å². The van der Waals surface area contributed by atoms with Crippen LogP contribution < -0.4 is 10.6 Å². The van der Waals surface area contributed by atoms with Crippen molar-refractivity contribution in [3.8, 4) is 0 Å². The van der Waals surface area contributed by atoms with Crippen LogP contribution in [0.2, 0.25) is 0 Å². The molecule has 27 heavy (non-hydrogen) atoms. The molecule has 0 radical (unpaired) electrons. The predicted octanol–water partition coefficient (Wildman–Crippen LogP) is 4.85. The van der Waals surface area contributed by atoms with Crippen LogP contribution in [0.3, 0.4) is 0 Å². The number of nitrogens with one attached hydrogen (secondary N) is 2. The van der Waals surface area contributed by atoms with Crippen molar-refractivity contribution in [2.24, 2.45) is 11.8 Å². The molecule has 1 aromatic carbocycles. The summed E-state index contributed by atoms with van der Waals surface area (Å²) in [6.07, 6.45) is 11.3. The molecule has 2 aliphatic carbocycles. The number of carbonyl (C=O) groups excluding carboxylic acids is 1. The van der Waals surface area contributed by atoms with Crippen LogP contribution in [0.15, 0.2) is 60.2 Å². The summed E-state index contributed by atoms with van der Waals surface area (Å²) in [5.41, 5.74) is 5.03. The summed E-state index contributed by atoms with van der Waals surface area (Å²) in [4.78, 5) is 11.3. The molecule has 1 saturated carbocycles. The number of rotatable bonds is 9. The van der Waals surface area contributed by atoms with Crippen LogP contribution in [0, 0.1) is 11.8 Å². The van der Waals surface area contributed by atoms with Gasteiger partial charge in [0.25, 0.3) is 0 Å². The second-order valence-corrected chi connectivity index (χ2v) is 7.87. The number of benzene rings is 1. The molecule has 0 saturated heterocycles. The Morgan fingerprint density at radius 3 is 2.59 bits per heavy atom. The second kappa shape index (κ2) is 9.18. The molecule has 0 aliphatic heterocycles. The SMILES string of the molecule is C=CC1=C(C(CC)c2ccc(NC3CC(CNC)C3)cc2)CC(C=O)C=C1. The number of hydrogen-bond donors (Lipinski definition) is 2. The molecule has 2 unspecified atom stereocenters. The monoisotopic (exact) mass is 364 g/mol. The fourth-order valence-corrected chi connectivity index (χ4v) is 4.45. The van der Waals surface area contributed by atoms with E-state index in [9.17, 15) is 4.79 Å². The van der Waals surface area contributed by atoms with E-state index in [1.807, 2.05) is 19.2 Å². The fourth-order valence-electron chi connectivity index (χ4n) is 4.45. The van der Waals surface area contributed by atoms with Gasteiger partial charge < -0.3 is 15.4 Å². The molecular formula is C24H32N2O. The van der Waals surface area contributed by atoms with Crippen molar-refractivity contribution in [2.45, 2.75) is 44.6 Å². The third-order valence-corrected chi connectivity index (χ3v) is 5.99. The summed E-state index contributed by atoms with van der Waals surface area (Å²) >= 11 is 0. The zero-order chi connectivity index (χ0) is 19.2. The van der Waals surface area contributed by atoms with E-state index in [1.54, 1.807) is 0 Å². The van der Waals surface area contributed by atoms with Gasteiger partial charge >= 0.3 is 0 Å². The Bertz CT molecular complexity index is 710. The van der Waals surface area contributed by atoms with Crippen LogP contribution in [-0.2, 0) is 4.79 Å². The van der Waals surface area contributed by atoms with Gasteiger partial charge in [-0.05, 0) is 68.5 Å². The highest BCUT2D eigenvalue weighted by molar-refractivity contribution is 5.61. The highest BCUT2D eigenvalue weighted by Crippen LogP contribution is 2.38. The van der Waals surface area contributed by atoms with Crippen LogP contribution in [0.1, 0.15) is 44.1 Å². The molecule has 0 spiro atoms. The first-order valence-corrected chi connectivity index (χ1v) is 10.2. The van der Waals surface area contributed by atoms with Crippen molar-refractivity contribution in [3.63, 3.8) is 0 Å². The molecule has 3 heteroatoms. The lowest BCUT2D eigenvalue weighted by atomic mass is 9.78. The van der Waals surface area contributed by atoms with Crippen molar-refractivity contribution in [1.29, 1.82) is 0 Å². The van der Waals surface area contributed by atoms with E-state index in [-0.39, 0.29) is 5.92 Å². The van der Waals surface area contributed by atoms with E-state index in [0.717, 1.165) is 31.6 Å². The van der Waals surface area contributed by atoms with E-state index >= 15 is 0 Å². The molecule has 1 fully saturated rings. The van der Waals surface area contributed by atoms with Crippen molar-refractivity contribution in [3.05, 3.63) is 65.8 Å². The third-order valence-electron chi connectivity index (χ3n) is 5.99. The van der Waals surface area contributed by atoms with Crippen LogP contribution >= 0.6 is 0 Å². The Balaban J connectivity index is 1.69. The first kappa shape index (κ1) is 19.6. The van der Waals surface area contributed by atoms with Gasteiger partial charge in [0, 0.05) is 23.6 Å². The van der Waals surface area contributed by atoms with Crippen molar-refractivity contribution < 1.29 is 4.79 Å². The first-order chi connectivity index (χ1) is 13.2. The van der Waals surface area contributed by atoms with Crippen molar-refractivity contribution in [2.75, 3.05) is 18.9 Å². The number of carbonyl (C=O) groups is 1. The average Bonchev–Trinajstić information content (AvgIpc) is 2.68. The Kier molecular flexibility index (Phi) is 6.68. The minimum absolute atomic E-state index is 0.0112. The molecule has 2 N–H and O–H groups in total. The normalized spacial score (nSPS) is 25.6. The van der Waals surface area contributed by atoms with Crippen molar-refractivity contribution in [1.82, 2.24) is 5.32 Å². The van der Waals surface area contributed by atoms with E-state index in [0.29, 0.717) is 12.0 Å². The number of anilines is 1. The smallest absolute Gasteiger partial charge is 0.127 e. The Hall–Kier alpha value is -2.13. The molecule has 0 heterocycles. The average molecular weight is 365 g/mol. The fraction of sp³-hybridized carbons (Fsp3) is 0.458. The first-order valence-electron chi connectivity index (χ1n) is 10.2. The van der Waals surface area contributed by atoms with Crippen LogP contribution in [0.5, 0.6) is 0 Å². The van der Waals surface area contributed by atoms with Crippen LogP contribution in [0.25, 0.3) is 0 Å². The van der Waals surface area contributed by atoms with Gasteiger partial charge in [0.1, 0.15) is 6.29 Å². The summed E-state index contributed by atoms with van der Waals surface area (Å²) in [7, 11) is 2.02. The zero-order valence-electron chi connectivity index (χ0n) is 16.6. The summed E-state index contributed by atoms with van der Waals surface area (Å²) in [6, 6.07) is 9.48. The Morgan fingerprint density at radius 1 is 1.26 bits per heavy atom. The Labute approximate surface area is 163 Å². The van der Waals surface area contributed by atoms with E-state index < -0.39 is 0 Å². The second-order valence-electron chi connectivity index (χ2n) is 7.87. The largest absolute Gasteiger partial charge is 0.382 e. The van der Waals surface area contributed by atoms with Gasteiger partial charge in [-0.25, -0.2) is 0 Å². The molecular weight excluding hydrogens is 332 g/mol. The topological polar surface area (TPSA) is 41.1 Å². The number of aldehydes is 1. The lowest BCUT2D eigenvalue weighted by molar-refractivity contribution is -0.109. The molecule has 2 aliphatic rings. The minimum atomic E-state index is -0.0112. The lowest BCUT2D eigenvalue weighted by Crippen LogP contribution is -2.39. The Morgan fingerprint density at radius 2 is 2.00 bits per heavy atom. The molecule has 1 aromatic rings. The summed E-state index contributed by atoms with van der Waals surface area (Å²) in [5.74, 6) is 1.14. The highest BCUT2D eigenvalue weighted by atomic mass is 16.1. The molecule has 3 rings (SSSR count). The molecule has 0 bridgehead atoms. The highest BCUT2D eigenvalue weighted by Gasteiger charge is 2.28. The third kappa shape index (κ3) is 4.59. The standard InChI is InChI=1S/C24H32N2O/c1-4-19-7-6-17(16-27)14-24(19)23(5-2)20-8-10-21(11-9-20)26-22-12-18(13-22)15-25-3/h4,6-11,16-18,22-23,25-26H,1,5,12-15H2,2-3H3. The maximum Gasteiger partial charge on any atom is 0.127 e. The molecule has 0 amide bonds. The lowest BCUT2D eigenvalue weighted by Gasteiger charge is -2.36. The maximum absolute atomic E-state index is 11.3. The van der Waals surface area contributed by atoms with E-state index in [2.05, 4.69) is 54.5 Å². The van der Waals surface area contributed by atoms with Gasteiger partial charge in [0.2, 0.25) is 0 Å². The molecule has 3 nitrogen and oxygen atoms in total. The quantitative estimate of drug-likeness (QED) is 0.616. The number of allylic oxidation sites excluding steroid dienone is 5. The summed E-state index contributed by atoms with van der Waals surface area (Å²) in [6.45, 7) is 7.30. The van der Waals surface area contributed by atoms with Gasteiger partial charge in [-0.3, -0.25) is 0 Å². The summed E-state index contributed by atoms with van der Waals surface area (Å²) < 4.78 is 0. The maximum atomic E-state index is 11.3. The minimum Gasteiger partial charge on any atom is -0.382 e. The van der Waals surface area contributed by atoms with Gasteiger partial charge in [0.15, 0.2) is 0 Å². The van der Waals surface area contributed by atoms with E-state index in [4.69, 9.17) is 0 Å².